The third-order valence-corrected chi connectivity index (χ3v) is 1.86. The van der Waals surface area contributed by atoms with Gasteiger partial charge in [0.1, 0.15) is 0 Å². The number of carbonyl (C=O) groups is 2. The van der Waals surface area contributed by atoms with Crippen molar-refractivity contribution in [1.82, 2.24) is 0 Å². The number of rotatable bonds is 3. The van der Waals surface area contributed by atoms with Crippen molar-refractivity contribution in [1.29, 1.82) is 0 Å². The number of phenolic OH excluding ortho intramolecular Hbond substituents is 2. The van der Waals surface area contributed by atoms with Gasteiger partial charge >= 0.3 is 0 Å². The standard InChI is InChI=1S/C9H12N2O3.C2H4O2/c10-6(9(11)14)3-5-1-2-7(12)8(13)4-5;1-2(3)4/h1-2,4,6,12-13H,3,10H2,(H2,11,14);1H3,(H,3,4). The predicted octanol–water partition coefficient (Wildman–Crippen LogP) is -0.456. The van der Waals surface area contributed by atoms with Crippen molar-refractivity contribution in [3.05, 3.63) is 23.8 Å². The number of phenols is 2. The first-order valence-electron chi connectivity index (χ1n) is 4.99. The maximum Gasteiger partial charge on any atom is 0.300 e. The molecule has 0 fully saturated rings. The summed E-state index contributed by atoms with van der Waals surface area (Å²) in [5.74, 6) is -1.88. The van der Waals surface area contributed by atoms with Gasteiger partial charge < -0.3 is 26.8 Å². The average molecular weight is 256 g/mol. The Morgan fingerprint density at radius 1 is 1.28 bits per heavy atom. The summed E-state index contributed by atoms with van der Waals surface area (Å²) in [4.78, 5) is 19.6. The summed E-state index contributed by atoms with van der Waals surface area (Å²) in [6, 6.07) is 3.47. The van der Waals surface area contributed by atoms with Crippen molar-refractivity contribution in [3.63, 3.8) is 0 Å². The van der Waals surface area contributed by atoms with E-state index in [1.54, 1.807) is 6.07 Å². The van der Waals surface area contributed by atoms with Crippen molar-refractivity contribution >= 4 is 11.9 Å². The van der Waals surface area contributed by atoms with Crippen LogP contribution < -0.4 is 11.5 Å². The molecule has 0 aliphatic carbocycles. The lowest BCUT2D eigenvalue weighted by Gasteiger charge is -2.07. The number of carbonyl (C=O) groups excluding carboxylic acids is 1. The SMILES string of the molecule is CC(=O)O.NC(=O)C(N)Cc1ccc(O)c(O)c1. The summed E-state index contributed by atoms with van der Waals surface area (Å²) in [7, 11) is 0. The van der Waals surface area contributed by atoms with Crippen LogP contribution in [-0.4, -0.2) is 33.2 Å². The summed E-state index contributed by atoms with van der Waals surface area (Å²) < 4.78 is 0. The van der Waals surface area contributed by atoms with Crippen LogP contribution in [0.5, 0.6) is 11.5 Å². The van der Waals surface area contributed by atoms with Crippen LogP contribution >= 0.6 is 0 Å². The zero-order valence-electron chi connectivity index (χ0n) is 9.83. The van der Waals surface area contributed by atoms with E-state index in [0.29, 0.717) is 5.56 Å². The molecule has 7 N–H and O–H groups in total. The number of hydrogen-bond acceptors (Lipinski definition) is 5. The quantitative estimate of drug-likeness (QED) is 0.462. The summed E-state index contributed by atoms with van der Waals surface area (Å²) >= 11 is 0. The number of hydrogen-bond donors (Lipinski definition) is 5. The molecule has 0 saturated heterocycles. The zero-order valence-corrected chi connectivity index (χ0v) is 9.83. The summed E-state index contributed by atoms with van der Waals surface area (Å²) in [5.41, 5.74) is 11.0. The smallest absolute Gasteiger partial charge is 0.300 e. The van der Waals surface area contributed by atoms with Crippen LogP contribution in [0.4, 0.5) is 0 Å². The van der Waals surface area contributed by atoms with Gasteiger partial charge in [0.25, 0.3) is 5.97 Å². The number of nitrogens with two attached hydrogens (primary N) is 2. The maximum atomic E-state index is 10.6. The van der Waals surface area contributed by atoms with E-state index in [4.69, 9.17) is 31.6 Å². The van der Waals surface area contributed by atoms with Gasteiger partial charge in [0.2, 0.25) is 5.91 Å². The van der Waals surface area contributed by atoms with Gasteiger partial charge in [0, 0.05) is 6.92 Å². The molecule has 0 bridgehead atoms. The van der Waals surface area contributed by atoms with Crippen molar-refractivity contribution in [2.24, 2.45) is 11.5 Å². The number of carboxylic acids is 1. The highest BCUT2D eigenvalue weighted by atomic mass is 16.4. The number of benzene rings is 1. The van der Waals surface area contributed by atoms with Gasteiger partial charge in [0.05, 0.1) is 6.04 Å². The fourth-order valence-electron chi connectivity index (χ4n) is 1.05. The molecule has 0 aliphatic heterocycles. The first-order valence-corrected chi connectivity index (χ1v) is 4.99. The van der Waals surface area contributed by atoms with Gasteiger partial charge in [-0.3, -0.25) is 9.59 Å². The van der Waals surface area contributed by atoms with Crippen LogP contribution in [0.15, 0.2) is 18.2 Å². The second-order valence-electron chi connectivity index (χ2n) is 3.56. The molecule has 100 valence electrons. The van der Waals surface area contributed by atoms with Crippen molar-refractivity contribution < 1.29 is 24.9 Å². The van der Waals surface area contributed by atoms with Crippen molar-refractivity contribution in [2.75, 3.05) is 0 Å². The third-order valence-electron chi connectivity index (χ3n) is 1.86. The number of aromatic hydroxyl groups is 2. The molecule has 0 heterocycles. The molecule has 7 nitrogen and oxygen atoms in total. The molecule has 0 spiro atoms. The fourth-order valence-corrected chi connectivity index (χ4v) is 1.05. The number of primary amides is 1. The first kappa shape index (κ1) is 15.7. The van der Waals surface area contributed by atoms with E-state index in [1.807, 2.05) is 0 Å². The molecule has 1 rings (SSSR count). The Morgan fingerprint density at radius 2 is 1.78 bits per heavy atom. The Hall–Kier alpha value is -2.28. The number of amides is 1. The molecule has 0 aromatic heterocycles. The zero-order chi connectivity index (χ0) is 14.3. The molecule has 0 radical (unpaired) electrons. The lowest BCUT2D eigenvalue weighted by atomic mass is 10.1. The Morgan fingerprint density at radius 3 is 2.17 bits per heavy atom. The molecule has 7 heteroatoms. The topological polar surface area (TPSA) is 147 Å². The predicted molar refractivity (Wildman–Crippen MR) is 64.0 cm³/mol. The van der Waals surface area contributed by atoms with Crippen molar-refractivity contribution in [2.45, 2.75) is 19.4 Å². The highest BCUT2D eigenvalue weighted by molar-refractivity contribution is 5.79. The number of aliphatic carboxylic acids is 1. The summed E-state index contributed by atoms with van der Waals surface area (Å²) in [6.45, 7) is 1.08. The van der Waals surface area contributed by atoms with Gasteiger partial charge in [-0.2, -0.15) is 0 Å². The molecule has 1 aromatic carbocycles. The van der Waals surface area contributed by atoms with Gasteiger partial charge in [-0.05, 0) is 24.1 Å². The highest BCUT2D eigenvalue weighted by Crippen LogP contribution is 2.25. The van der Waals surface area contributed by atoms with Crippen LogP contribution in [0.1, 0.15) is 12.5 Å². The van der Waals surface area contributed by atoms with E-state index >= 15 is 0 Å². The van der Waals surface area contributed by atoms with Crippen LogP contribution in [0, 0.1) is 0 Å². The third kappa shape index (κ3) is 6.33. The second kappa shape index (κ2) is 7.13. The van der Waals surface area contributed by atoms with Crippen LogP contribution in [0.25, 0.3) is 0 Å². The maximum absolute atomic E-state index is 10.6. The highest BCUT2D eigenvalue weighted by Gasteiger charge is 2.10. The van der Waals surface area contributed by atoms with Crippen LogP contribution in [0.2, 0.25) is 0 Å². The molecule has 0 saturated carbocycles. The minimum atomic E-state index is -0.833. The van der Waals surface area contributed by atoms with Gasteiger partial charge in [-0.1, -0.05) is 6.07 Å². The second-order valence-corrected chi connectivity index (χ2v) is 3.56. The molecule has 1 aromatic rings. The minimum Gasteiger partial charge on any atom is -0.504 e. The molecule has 1 unspecified atom stereocenters. The van der Waals surface area contributed by atoms with Crippen LogP contribution in [-0.2, 0) is 16.0 Å². The first-order chi connectivity index (χ1) is 8.23. The molecular formula is C11H16N2O5. The molecular weight excluding hydrogens is 240 g/mol. The van der Waals surface area contributed by atoms with E-state index in [1.165, 1.54) is 12.1 Å². The monoisotopic (exact) mass is 256 g/mol. The summed E-state index contributed by atoms with van der Waals surface area (Å²) in [6.07, 6.45) is 0.239. The lowest BCUT2D eigenvalue weighted by Crippen LogP contribution is -2.38. The number of carboxylic acid groups (broad SMARTS) is 1. The normalized spacial score (nSPS) is 11.0. The lowest BCUT2D eigenvalue weighted by molar-refractivity contribution is -0.134. The van der Waals surface area contributed by atoms with E-state index in [-0.39, 0.29) is 17.9 Å². The fraction of sp³-hybridized carbons (Fsp3) is 0.273. The Kier molecular flexibility index (Phi) is 6.22. The molecule has 1 amide bonds. The van der Waals surface area contributed by atoms with E-state index in [0.717, 1.165) is 6.92 Å². The van der Waals surface area contributed by atoms with E-state index in [9.17, 15) is 4.79 Å². The van der Waals surface area contributed by atoms with Crippen LogP contribution in [0.3, 0.4) is 0 Å². The van der Waals surface area contributed by atoms with Crippen molar-refractivity contribution in [3.8, 4) is 11.5 Å². The molecule has 1 atom stereocenters. The Bertz CT molecular complexity index is 429. The molecule has 0 aliphatic rings. The van der Waals surface area contributed by atoms with Gasteiger partial charge in [-0.25, -0.2) is 0 Å². The minimum absolute atomic E-state index is 0.207. The largest absolute Gasteiger partial charge is 0.504 e. The Labute approximate surface area is 104 Å². The summed E-state index contributed by atoms with van der Waals surface area (Å²) in [5, 5.41) is 25.6. The molecule has 18 heavy (non-hydrogen) atoms. The van der Waals surface area contributed by atoms with Gasteiger partial charge in [-0.15, -0.1) is 0 Å². The van der Waals surface area contributed by atoms with E-state index in [2.05, 4.69) is 0 Å². The Balaban J connectivity index is 0.000000631. The van der Waals surface area contributed by atoms with Gasteiger partial charge in [0.15, 0.2) is 11.5 Å². The average Bonchev–Trinajstić information content (AvgIpc) is 2.22. The van der Waals surface area contributed by atoms with E-state index < -0.39 is 17.9 Å².